The van der Waals surface area contributed by atoms with Crippen molar-refractivity contribution in [2.45, 2.75) is 25.3 Å². The van der Waals surface area contributed by atoms with Gasteiger partial charge in [-0.25, -0.2) is 0 Å². The molecule has 0 aromatic heterocycles. The lowest BCUT2D eigenvalue weighted by molar-refractivity contribution is -0.135. The number of benzene rings is 1. The maximum Gasteiger partial charge on any atom is 0.224 e. The summed E-state index contributed by atoms with van der Waals surface area (Å²) in [5.41, 5.74) is 7.33. The third kappa shape index (κ3) is 4.65. The first-order chi connectivity index (χ1) is 9.25. The number of hydrogen-bond donors (Lipinski definition) is 1. The molecule has 104 valence electrons. The fourth-order valence-corrected chi connectivity index (χ4v) is 2.26. The number of hydrogen-bond acceptors (Lipinski definition) is 3. The summed E-state index contributed by atoms with van der Waals surface area (Å²) in [5.74, 6) is 0.156. The Morgan fingerprint density at radius 1 is 1.26 bits per heavy atom. The van der Waals surface area contributed by atoms with Crippen molar-refractivity contribution >= 4 is 5.91 Å². The van der Waals surface area contributed by atoms with Crippen LogP contribution in [0.3, 0.4) is 0 Å². The molecule has 1 aromatic rings. The average molecular weight is 262 g/mol. The van der Waals surface area contributed by atoms with Crippen LogP contribution in [0.25, 0.3) is 0 Å². The summed E-state index contributed by atoms with van der Waals surface area (Å²) in [6.07, 6.45) is 2.21. The Labute approximate surface area is 114 Å². The molecular weight excluding hydrogens is 240 g/mol. The lowest BCUT2D eigenvalue weighted by Crippen LogP contribution is -2.43. The normalized spacial score (nSPS) is 17.2. The standard InChI is InChI=1S/C15H22N2O2/c16-14(7-6-13-4-2-1-3-5-13)12-15(18)17-8-10-19-11-9-17/h1-5,14H,6-12,16H2/t14-/m0/s1. The zero-order valence-corrected chi connectivity index (χ0v) is 11.3. The molecule has 1 saturated heterocycles. The molecular formula is C15H22N2O2. The van der Waals surface area contributed by atoms with Gasteiger partial charge in [0.05, 0.1) is 13.2 Å². The van der Waals surface area contributed by atoms with Gasteiger partial charge in [-0.3, -0.25) is 4.79 Å². The number of carbonyl (C=O) groups excluding carboxylic acids is 1. The highest BCUT2D eigenvalue weighted by molar-refractivity contribution is 5.76. The van der Waals surface area contributed by atoms with E-state index in [0.29, 0.717) is 32.7 Å². The Bertz CT molecular complexity index is 388. The highest BCUT2D eigenvalue weighted by Gasteiger charge is 2.18. The molecule has 1 aliphatic rings. The van der Waals surface area contributed by atoms with Crippen LogP contribution in [0.1, 0.15) is 18.4 Å². The molecule has 0 saturated carbocycles. The van der Waals surface area contributed by atoms with E-state index in [1.165, 1.54) is 5.56 Å². The van der Waals surface area contributed by atoms with Gasteiger partial charge < -0.3 is 15.4 Å². The molecule has 1 fully saturated rings. The van der Waals surface area contributed by atoms with Crippen molar-refractivity contribution in [2.24, 2.45) is 5.73 Å². The molecule has 1 amide bonds. The second kappa shape index (κ2) is 7.26. The SMILES string of the molecule is N[C@@H](CCc1ccccc1)CC(=O)N1CCOCC1. The van der Waals surface area contributed by atoms with Gasteiger partial charge in [-0.2, -0.15) is 0 Å². The third-order valence-electron chi connectivity index (χ3n) is 3.45. The maximum atomic E-state index is 12.0. The van der Waals surface area contributed by atoms with Crippen molar-refractivity contribution < 1.29 is 9.53 Å². The predicted octanol–water partition coefficient (Wildman–Crippen LogP) is 1.20. The van der Waals surface area contributed by atoms with Crippen molar-refractivity contribution in [1.82, 2.24) is 4.90 Å². The number of ether oxygens (including phenoxy) is 1. The first kappa shape index (κ1) is 14.0. The van der Waals surface area contributed by atoms with E-state index in [1.54, 1.807) is 0 Å². The topological polar surface area (TPSA) is 55.6 Å². The minimum absolute atomic E-state index is 0.0597. The number of amides is 1. The Kier molecular flexibility index (Phi) is 5.36. The zero-order chi connectivity index (χ0) is 13.5. The van der Waals surface area contributed by atoms with Crippen LogP contribution in [-0.2, 0) is 16.0 Å². The molecule has 19 heavy (non-hydrogen) atoms. The van der Waals surface area contributed by atoms with Gasteiger partial charge in [0.15, 0.2) is 0 Å². The average Bonchev–Trinajstić information content (AvgIpc) is 2.47. The Morgan fingerprint density at radius 3 is 2.63 bits per heavy atom. The quantitative estimate of drug-likeness (QED) is 0.867. The van der Waals surface area contributed by atoms with Crippen LogP contribution in [0.5, 0.6) is 0 Å². The fraction of sp³-hybridized carbons (Fsp3) is 0.533. The molecule has 1 aromatic carbocycles. The molecule has 1 aliphatic heterocycles. The van der Waals surface area contributed by atoms with Gasteiger partial charge in [0.2, 0.25) is 5.91 Å². The minimum Gasteiger partial charge on any atom is -0.378 e. The molecule has 0 bridgehead atoms. The summed E-state index contributed by atoms with van der Waals surface area (Å²) in [5, 5.41) is 0. The molecule has 2 N–H and O–H groups in total. The van der Waals surface area contributed by atoms with Gasteiger partial charge in [0, 0.05) is 25.6 Å². The number of aryl methyl sites for hydroxylation is 1. The molecule has 0 unspecified atom stereocenters. The van der Waals surface area contributed by atoms with E-state index < -0.39 is 0 Å². The van der Waals surface area contributed by atoms with E-state index in [0.717, 1.165) is 12.8 Å². The van der Waals surface area contributed by atoms with Crippen LogP contribution in [0.2, 0.25) is 0 Å². The molecule has 4 nitrogen and oxygen atoms in total. The van der Waals surface area contributed by atoms with E-state index in [2.05, 4.69) is 12.1 Å². The minimum atomic E-state index is -0.0597. The van der Waals surface area contributed by atoms with Crippen molar-refractivity contribution in [2.75, 3.05) is 26.3 Å². The largest absolute Gasteiger partial charge is 0.378 e. The Balaban J connectivity index is 1.71. The summed E-state index contributed by atoms with van der Waals surface area (Å²) in [4.78, 5) is 13.9. The monoisotopic (exact) mass is 262 g/mol. The lowest BCUT2D eigenvalue weighted by Gasteiger charge is -2.27. The number of rotatable bonds is 5. The summed E-state index contributed by atoms with van der Waals surface area (Å²) in [6.45, 7) is 2.68. The van der Waals surface area contributed by atoms with E-state index in [9.17, 15) is 4.79 Å². The Morgan fingerprint density at radius 2 is 1.95 bits per heavy atom. The summed E-state index contributed by atoms with van der Waals surface area (Å²) in [6, 6.07) is 10.2. The second-order valence-corrected chi connectivity index (χ2v) is 4.98. The molecule has 1 heterocycles. The molecule has 0 aliphatic carbocycles. The fourth-order valence-electron chi connectivity index (χ4n) is 2.26. The van der Waals surface area contributed by atoms with Gasteiger partial charge in [-0.1, -0.05) is 30.3 Å². The molecule has 0 spiro atoms. The van der Waals surface area contributed by atoms with Crippen molar-refractivity contribution in [3.8, 4) is 0 Å². The lowest BCUT2D eigenvalue weighted by atomic mass is 10.0. The molecule has 1 atom stereocenters. The second-order valence-electron chi connectivity index (χ2n) is 4.98. The number of nitrogens with zero attached hydrogens (tertiary/aromatic N) is 1. The van der Waals surface area contributed by atoms with Crippen molar-refractivity contribution in [1.29, 1.82) is 0 Å². The van der Waals surface area contributed by atoms with Crippen molar-refractivity contribution in [3.63, 3.8) is 0 Å². The van der Waals surface area contributed by atoms with Crippen LogP contribution < -0.4 is 5.73 Å². The highest BCUT2D eigenvalue weighted by Crippen LogP contribution is 2.08. The summed E-state index contributed by atoms with van der Waals surface area (Å²) in [7, 11) is 0. The van der Waals surface area contributed by atoms with Crippen molar-refractivity contribution in [3.05, 3.63) is 35.9 Å². The first-order valence-electron chi connectivity index (χ1n) is 6.91. The van der Waals surface area contributed by atoms with Crippen LogP contribution in [-0.4, -0.2) is 43.2 Å². The van der Waals surface area contributed by atoms with Gasteiger partial charge in [-0.15, -0.1) is 0 Å². The van der Waals surface area contributed by atoms with E-state index in [1.807, 2.05) is 23.1 Å². The maximum absolute atomic E-state index is 12.0. The third-order valence-corrected chi connectivity index (χ3v) is 3.45. The van der Waals surface area contributed by atoms with Gasteiger partial charge in [0.1, 0.15) is 0 Å². The Hall–Kier alpha value is -1.39. The van der Waals surface area contributed by atoms with Gasteiger partial charge >= 0.3 is 0 Å². The molecule has 2 rings (SSSR count). The summed E-state index contributed by atoms with van der Waals surface area (Å²) < 4.78 is 5.24. The van der Waals surface area contributed by atoms with Gasteiger partial charge in [0.25, 0.3) is 0 Å². The predicted molar refractivity (Wildman–Crippen MR) is 74.8 cm³/mol. The van der Waals surface area contributed by atoms with Crippen LogP contribution >= 0.6 is 0 Å². The van der Waals surface area contributed by atoms with E-state index in [4.69, 9.17) is 10.5 Å². The van der Waals surface area contributed by atoms with Crippen LogP contribution in [0, 0.1) is 0 Å². The van der Waals surface area contributed by atoms with Crippen LogP contribution in [0.15, 0.2) is 30.3 Å². The number of morpholine rings is 1. The van der Waals surface area contributed by atoms with E-state index >= 15 is 0 Å². The van der Waals surface area contributed by atoms with Gasteiger partial charge in [-0.05, 0) is 18.4 Å². The smallest absolute Gasteiger partial charge is 0.224 e. The molecule has 4 heteroatoms. The van der Waals surface area contributed by atoms with E-state index in [-0.39, 0.29) is 11.9 Å². The van der Waals surface area contributed by atoms with Crippen LogP contribution in [0.4, 0.5) is 0 Å². The number of carbonyl (C=O) groups is 1. The first-order valence-corrected chi connectivity index (χ1v) is 6.91. The number of nitrogens with two attached hydrogens (primary N) is 1. The summed E-state index contributed by atoms with van der Waals surface area (Å²) >= 11 is 0. The zero-order valence-electron chi connectivity index (χ0n) is 11.3. The molecule has 0 radical (unpaired) electrons. The highest BCUT2D eigenvalue weighted by atomic mass is 16.5.